The molecule has 4 rings (SSSR count). The Morgan fingerprint density at radius 2 is 1.67 bits per heavy atom. The number of aromatic nitrogens is 1. The van der Waals surface area contributed by atoms with Gasteiger partial charge in [-0.25, -0.2) is 9.98 Å². The van der Waals surface area contributed by atoms with Crippen molar-refractivity contribution >= 4 is 50.6 Å². The first kappa shape index (κ1) is 28.0. The predicted octanol–water partition coefficient (Wildman–Crippen LogP) is 3.31. The first-order chi connectivity index (χ1) is 18.7. The van der Waals surface area contributed by atoms with Crippen LogP contribution < -0.4 is 10.6 Å². The molecule has 206 valence electrons. The van der Waals surface area contributed by atoms with Crippen LogP contribution in [0.2, 0.25) is 0 Å². The van der Waals surface area contributed by atoms with Crippen LogP contribution in [-0.2, 0) is 39.9 Å². The monoisotopic (exact) mass is 554 g/mol. The van der Waals surface area contributed by atoms with Crippen molar-refractivity contribution in [1.82, 2.24) is 10.3 Å². The zero-order chi connectivity index (χ0) is 27.9. The third-order valence-corrected chi connectivity index (χ3v) is 6.67. The van der Waals surface area contributed by atoms with Gasteiger partial charge in [0.25, 0.3) is 0 Å². The highest BCUT2D eigenvalue weighted by Gasteiger charge is 2.47. The maximum atomic E-state index is 12.0. The molecule has 2 aromatic carbocycles. The van der Waals surface area contributed by atoms with E-state index in [2.05, 4.69) is 10.6 Å². The summed E-state index contributed by atoms with van der Waals surface area (Å²) in [6.45, 7) is 5.88. The Bertz CT molecular complexity index is 1360. The molecule has 2 heterocycles. The molecule has 39 heavy (non-hydrogen) atoms. The Kier molecular flexibility index (Phi) is 9.10. The highest BCUT2D eigenvalue weighted by atomic mass is 32.1. The van der Waals surface area contributed by atoms with E-state index in [1.807, 2.05) is 55.5 Å². The normalized spacial score (nSPS) is 21.2. The van der Waals surface area contributed by atoms with Crippen molar-refractivity contribution in [3.05, 3.63) is 59.7 Å². The smallest absolute Gasteiger partial charge is 0.303 e. The molecule has 1 aliphatic rings. The van der Waals surface area contributed by atoms with E-state index >= 15 is 0 Å². The molecule has 0 spiro atoms. The standard InChI is InChI=1S/C27H30N4O7S/c1-15-9-8-12-21-22(15)29-27(39-21)31-26(28-13-19-10-6-5-7-11-19)30-25-24(38-18(4)34)23(37-17(3)33)20(14-35-25)36-16(2)32/h5-12,20,23-25H,13-14H2,1-4H3,(H2,28,29,30,31)/t20-,23+,24-,25-/m1/s1. The summed E-state index contributed by atoms with van der Waals surface area (Å²) in [5.74, 6) is -1.55. The topological polar surface area (TPSA) is 137 Å². The number of thiazole rings is 1. The van der Waals surface area contributed by atoms with Crippen molar-refractivity contribution in [3.8, 4) is 0 Å². The lowest BCUT2D eigenvalue weighted by Gasteiger charge is -2.40. The zero-order valence-electron chi connectivity index (χ0n) is 22.0. The number of fused-ring (bicyclic) bond motifs is 1. The van der Waals surface area contributed by atoms with E-state index in [4.69, 9.17) is 28.9 Å². The first-order valence-corrected chi connectivity index (χ1v) is 13.1. The molecular weight excluding hydrogens is 524 g/mol. The van der Waals surface area contributed by atoms with E-state index < -0.39 is 42.4 Å². The number of para-hydroxylation sites is 1. The number of rotatable bonds is 7. The average Bonchev–Trinajstić information content (AvgIpc) is 3.29. The number of nitrogens with one attached hydrogen (secondary N) is 2. The van der Waals surface area contributed by atoms with Gasteiger partial charge in [-0.05, 0) is 24.1 Å². The molecule has 12 heteroatoms. The summed E-state index contributed by atoms with van der Waals surface area (Å²) in [5, 5.41) is 6.95. The van der Waals surface area contributed by atoms with Crippen molar-refractivity contribution in [2.75, 3.05) is 11.9 Å². The van der Waals surface area contributed by atoms with Gasteiger partial charge in [0.05, 0.1) is 23.4 Å². The van der Waals surface area contributed by atoms with E-state index in [-0.39, 0.29) is 6.61 Å². The second kappa shape index (κ2) is 12.7. The van der Waals surface area contributed by atoms with Gasteiger partial charge in [-0.2, -0.15) is 0 Å². The highest BCUT2D eigenvalue weighted by molar-refractivity contribution is 7.22. The summed E-state index contributed by atoms with van der Waals surface area (Å²) in [6, 6.07) is 15.6. The zero-order valence-corrected chi connectivity index (χ0v) is 22.8. The minimum atomic E-state index is -1.15. The van der Waals surface area contributed by atoms with E-state index in [9.17, 15) is 14.4 Å². The molecule has 1 aromatic heterocycles. The Labute approximate surface area is 229 Å². The molecule has 4 atom stereocenters. The molecule has 2 N–H and O–H groups in total. The maximum Gasteiger partial charge on any atom is 0.303 e. The lowest BCUT2D eigenvalue weighted by molar-refractivity contribution is -0.227. The van der Waals surface area contributed by atoms with Crippen LogP contribution in [0.1, 0.15) is 31.9 Å². The molecule has 1 aliphatic heterocycles. The van der Waals surface area contributed by atoms with Crippen LogP contribution >= 0.6 is 11.3 Å². The Balaban J connectivity index is 1.64. The molecule has 0 amide bonds. The number of ether oxygens (including phenoxy) is 4. The number of carbonyl (C=O) groups is 3. The number of benzene rings is 2. The van der Waals surface area contributed by atoms with Crippen molar-refractivity contribution in [2.24, 2.45) is 4.99 Å². The summed E-state index contributed by atoms with van der Waals surface area (Å²) in [4.78, 5) is 45.0. The summed E-state index contributed by atoms with van der Waals surface area (Å²) in [7, 11) is 0. The fourth-order valence-electron chi connectivity index (χ4n) is 4.12. The molecule has 0 unspecified atom stereocenters. The van der Waals surface area contributed by atoms with Crippen LogP contribution in [0.4, 0.5) is 5.13 Å². The van der Waals surface area contributed by atoms with Crippen LogP contribution in [0.15, 0.2) is 53.5 Å². The van der Waals surface area contributed by atoms with Gasteiger partial charge in [0, 0.05) is 20.8 Å². The minimum Gasteiger partial charge on any atom is -0.456 e. The van der Waals surface area contributed by atoms with Crippen LogP contribution in [0.25, 0.3) is 10.2 Å². The van der Waals surface area contributed by atoms with Gasteiger partial charge in [-0.1, -0.05) is 53.8 Å². The number of aryl methyl sites for hydroxylation is 1. The fraction of sp³-hybridized carbons (Fsp3) is 0.370. The molecule has 0 aliphatic carbocycles. The van der Waals surface area contributed by atoms with E-state index in [1.54, 1.807) is 0 Å². The molecule has 3 aromatic rings. The summed E-state index contributed by atoms with van der Waals surface area (Å²) < 4.78 is 23.2. The molecule has 0 saturated carbocycles. The lowest BCUT2D eigenvalue weighted by atomic mass is 10.0. The summed E-state index contributed by atoms with van der Waals surface area (Å²) in [6.07, 6.45) is -4.23. The Morgan fingerprint density at radius 3 is 2.33 bits per heavy atom. The van der Waals surface area contributed by atoms with Crippen molar-refractivity contribution < 1.29 is 33.3 Å². The van der Waals surface area contributed by atoms with Crippen LogP contribution in [0.5, 0.6) is 0 Å². The number of anilines is 1. The number of hydrogen-bond donors (Lipinski definition) is 2. The molecule has 0 radical (unpaired) electrons. The van der Waals surface area contributed by atoms with E-state index in [0.29, 0.717) is 17.6 Å². The summed E-state index contributed by atoms with van der Waals surface area (Å²) in [5.41, 5.74) is 2.88. The molecule has 0 bridgehead atoms. The minimum absolute atomic E-state index is 0.112. The van der Waals surface area contributed by atoms with Gasteiger partial charge in [0.15, 0.2) is 35.6 Å². The van der Waals surface area contributed by atoms with E-state index in [1.165, 1.54) is 32.1 Å². The van der Waals surface area contributed by atoms with E-state index in [0.717, 1.165) is 21.3 Å². The molecular formula is C27H30N4O7S. The van der Waals surface area contributed by atoms with Gasteiger partial charge in [-0.3, -0.25) is 14.4 Å². The SMILES string of the molecule is CC(=O)O[C@@H]1[C@@H](OC(C)=O)[C@H](OC(C)=O)CO[C@H]1NC(=NCc1ccccc1)Nc1nc2c(C)cccc2s1. The largest absolute Gasteiger partial charge is 0.456 e. The Hall–Kier alpha value is -4.03. The highest BCUT2D eigenvalue weighted by Crippen LogP contribution is 2.28. The van der Waals surface area contributed by atoms with Crippen molar-refractivity contribution in [3.63, 3.8) is 0 Å². The number of esters is 3. The molecule has 1 saturated heterocycles. The van der Waals surface area contributed by atoms with Gasteiger partial charge >= 0.3 is 17.9 Å². The summed E-state index contributed by atoms with van der Waals surface area (Å²) >= 11 is 1.46. The van der Waals surface area contributed by atoms with Gasteiger partial charge in [0.1, 0.15) is 0 Å². The fourth-order valence-corrected chi connectivity index (χ4v) is 5.06. The number of hydrogen-bond acceptors (Lipinski definition) is 10. The van der Waals surface area contributed by atoms with Crippen molar-refractivity contribution in [1.29, 1.82) is 0 Å². The first-order valence-electron chi connectivity index (χ1n) is 12.3. The number of carbonyl (C=O) groups excluding carboxylic acids is 3. The van der Waals surface area contributed by atoms with Crippen LogP contribution in [-0.4, -0.2) is 60.0 Å². The second-order valence-corrected chi connectivity index (χ2v) is 9.94. The number of nitrogens with zero attached hydrogens (tertiary/aromatic N) is 2. The van der Waals surface area contributed by atoms with Gasteiger partial charge < -0.3 is 29.6 Å². The molecule has 1 fully saturated rings. The van der Waals surface area contributed by atoms with Gasteiger partial charge in [-0.15, -0.1) is 0 Å². The number of aliphatic imine (C=N–C) groups is 1. The van der Waals surface area contributed by atoms with Crippen LogP contribution in [0, 0.1) is 6.92 Å². The second-order valence-electron chi connectivity index (χ2n) is 8.91. The van der Waals surface area contributed by atoms with Gasteiger partial charge in [0.2, 0.25) is 0 Å². The van der Waals surface area contributed by atoms with Crippen LogP contribution in [0.3, 0.4) is 0 Å². The van der Waals surface area contributed by atoms with Crippen molar-refractivity contribution in [2.45, 2.75) is 58.8 Å². The molecule has 11 nitrogen and oxygen atoms in total. The average molecular weight is 555 g/mol. The number of guanidine groups is 1. The Morgan fingerprint density at radius 1 is 0.974 bits per heavy atom. The predicted molar refractivity (Wildman–Crippen MR) is 145 cm³/mol. The maximum absolute atomic E-state index is 12.0. The quantitative estimate of drug-likeness (QED) is 0.194. The third-order valence-electron chi connectivity index (χ3n) is 5.74. The lowest BCUT2D eigenvalue weighted by Crippen LogP contribution is -2.62. The third kappa shape index (κ3) is 7.52.